The van der Waals surface area contributed by atoms with Gasteiger partial charge in [-0.3, -0.25) is 9.69 Å². The Morgan fingerprint density at radius 2 is 2.29 bits per heavy atom. The molecule has 0 aromatic heterocycles. The smallest absolute Gasteiger partial charge is 0.237 e. The van der Waals surface area contributed by atoms with E-state index >= 15 is 0 Å². The Morgan fingerprint density at radius 3 is 2.76 bits per heavy atom. The van der Waals surface area contributed by atoms with E-state index in [0.717, 1.165) is 6.54 Å². The maximum Gasteiger partial charge on any atom is 0.237 e. The summed E-state index contributed by atoms with van der Waals surface area (Å²) >= 11 is 0. The third kappa shape index (κ3) is 4.26. The highest BCUT2D eigenvalue weighted by Crippen LogP contribution is 2.26. The highest BCUT2D eigenvalue weighted by atomic mass is 16.5. The van der Waals surface area contributed by atoms with Gasteiger partial charge in [0.1, 0.15) is 0 Å². The fourth-order valence-corrected chi connectivity index (χ4v) is 2.13. The van der Waals surface area contributed by atoms with E-state index in [0.29, 0.717) is 25.7 Å². The van der Waals surface area contributed by atoms with Gasteiger partial charge in [-0.05, 0) is 19.8 Å². The minimum Gasteiger partial charge on any atom is -0.383 e. The van der Waals surface area contributed by atoms with E-state index < -0.39 is 0 Å². The van der Waals surface area contributed by atoms with Crippen molar-refractivity contribution in [2.45, 2.75) is 38.3 Å². The molecule has 100 valence electrons. The van der Waals surface area contributed by atoms with Crippen molar-refractivity contribution < 1.29 is 9.53 Å². The number of methoxy groups -OCH3 is 1. The summed E-state index contributed by atoms with van der Waals surface area (Å²) in [5.74, 6) is 0.0717. The van der Waals surface area contributed by atoms with E-state index in [4.69, 9.17) is 10.5 Å². The van der Waals surface area contributed by atoms with Gasteiger partial charge >= 0.3 is 0 Å². The molecule has 1 rings (SSSR count). The van der Waals surface area contributed by atoms with Crippen molar-refractivity contribution in [3.63, 3.8) is 0 Å². The van der Waals surface area contributed by atoms with Crippen molar-refractivity contribution in [2.75, 3.05) is 33.4 Å². The van der Waals surface area contributed by atoms with Crippen molar-refractivity contribution >= 4 is 5.91 Å². The molecule has 0 aliphatic heterocycles. The maximum atomic E-state index is 11.9. The highest BCUT2D eigenvalue weighted by molar-refractivity contribution is 5.81. The second-order valence-corrected chi connectivity index (χ2v) is 4.57. The van der Waals surface area contributed by atoms with Crippen LogP contribution in [0.3, 0.4) is 0 Å². The van der Waals surface area contributed by atoms with Crippen LogP contribution in [0.5, 0.6) is 0 Å². The van der Waals surface area contributed by atoms with Crippen LogP contribution in [-0.2, 0) is 9.53 Å². The summed E-state index contributed by atoms with van der Waals surface area (Å²) in [6, 6.07) is 0.447. The van der Waals surface area contributed by atoms with Crippen LogP contribution in [0.2, 0.25) is 0 Å². The molecule has 1 amide bonds. The molecule has 1 fully saturated rings. The molecule has 0 aromatic rings. The van der Waals surface area contributed by atoms with Crippen LogP contribution in [0.4, 0.5) is 0 Å². The highest BCUT2D eigenvalue weighted by Gasteiger charge is 2.30. The van der Waals surface area contributed by atoms with Crippen LogP contribution >= 0.6 is 0 Å². The van der Waals surface area contributed by atoms with Gasteiger partial charge in [0.25, 0.3) is 0 Å². The number of nitrogens with two attached hydrogens (primary N) is 1. The van der Waals surface area contributed by atoms with Crippen LogP contribution in [0.25, 0.3) is 0 Å². The number of nitrogens with zero attached hydrogens (tertiary/aromatic N) is 1. The fourth-order valence-electron chi connectivity index (χ4n) is 2.13. The van der Waals surface area contributed by atoms with Crippen molar-refractivity contribution in [1.82, 2.24) is 10.2 Å². The zero-order valence-corrected chi connectivity index (χ0v) is 10.9. The first-order valence-corrected chi connectivity index (χ1v) is 6.43. The molecule has 0 heterocycles. The number of carbonyl (C=O) groups excluding carboxylic acids is 1. The van der Waals surface area contributed by atoms with Gasteiger partial charge in [0.2, 0.25) is 5.91 Å². The Hall–Kier alpha value is -0.650. The quantitative estimate of drug-likeness (QED) is 0.587. The lowest BCUT2D eigenvalue weighted by Gasteiger charge is -2.40. The topological polar surface area (TPSA) is 67.6 Å². The van der Waals surface area contributed by atoms with Crippen LogP contribution in [-0.4, -0.2) is 56.2 Å². The van der Waals surface area contributed by atoms with Crippen molar-refractivity contribution in [3.05, 3.63) is 0 Å². The van der Waals surface area contributed by atoms with Gasteiger partial charge in [-0.25, -0.2) is 0 Å². The second kappa shape index (κ2) is 7.63. The maximum absolute atomic E-state index is 11.9. The average Bonchev–Trinajstić information content (AvgIpc) is 2.25. The first kappa shape index (κ1) is 14.4. The van der Waals surface area contributed by atoms with Crippen LogP contribution < -0.4 is 11.1 Å². The summed E-state index contributed by atoms with van der Waals surface area (Å²) in [5, 5.41) is 2.88. The normalized spacial score (nSPS) is 17.9. The zero-order valence-electron chi connectivity index (χ0n) is 10.9. The Balaban J connectivity index is 2.39. The number of rotatable bonds is 8. The van der Waals surface area contributed by atoms with E-state index in [1.165, 1.54) is 19.3 Å². The summed E-state index contributed by atoms with van der Waals surface area (Å²) in [6.45, 7) is 4.48. The number of hydrogen-bond acceptors (Lipinski definition) is 4. The molecule has 0 bridgehead atoms. The van der Waals surface area contributed by atoms with E-state index in [1.807, 2.05) is 6.92 Å². The second-order valence-electron chi connectivity index (χ2n) is 4.57. The summed E-state index contributed by atoms with van der Waals surface area (Å²) < 4.78 is 4.91. The van der Waals surface area contributed by atoms with Gasteiger partial charge in [0.15, 0.2) is 0 Å². The van der Waals surface area contributed by atoms with Crippen molar-refractivity contribution in [2.24, 2.45) is 5.73 Å². The van der Waals surface area contributed by atoms with Gasteiger partial charge < -0.3 is 15.8 Å². The monoisotopic (exact) mass is 243 g/mol. The molecular weight excluding hydrogens is 218 g/mol. The van der Waals surface area contributed by atoms with Gasteiger partial charge in [0, 0.05) is 32.8 Å². The van der Waals surface area contributed by atoms with E-state index in [1.54, 1.807) is 7.11 Å². The zero-order chi connectivity index (χ0) is 12.7. The molecule has 1 atom stereocenters. The number of carbonyl (C=O) groups is 1. The third-order valence-electron chi connectivity index (χ3n) is 3.41. The molecule has 0 saturated heterocycles. The molecule has 1 unspecified atom stereocenters. The van der Waals surface area contributed by atoms with Crippen LogP contribution in [0.1, 0.15) is 26.2 Å². The summed E-state index contributed by atoms with van der Waals surface area (Å²) in [5.41, 5.74) is 5.61. The lowest BCUT2D eigenvalue weighted by molar-refractivity contribution is -0.127. The molecule has 1 saturated carbocycles. The molecule has 1 aliphatic rings. The molecule has 5 nitrogen and oxygen atoms in total. The SMILES string of the molecule is COCCNC(=O)C(C)N(CCN)C1CCC1. The number of nitrogens with one attached hydrogen (secondary N) is 1. The van der Waals surface area contributed by atoms with Gasteiger partial charge in [-0.1, -0.05) is 6.42 Å². The molecular formula is C12H25N3O2. The molecule has 17 heavy (non-hydrogen) atoms. The largest absolute Gasteiger partial charge is 0.383 e. The Bertz CT molecular complexity index is 232. The Morgan fingerprint density at radius 1 is 1.59 bits per heavy atom. The Kier molecular flexibility index (Phi) is 6.47. The van der Waals surface area contributed by atoms with E-state index in [9.17, 15) is 4.79 Å². The Labute approximate surface area is 104 Å². The lowest BCUT2D eigenvalue weighted by atomic mass is 9.90. The van der Waals surface area contributed by atoms with Crippen LogP contribution in [0, 0.1) is 0 Å². The molecule has 0 radical (unpaired) electrons. The van der Waals surface area contributed by atoms with E-state index in [2.05, 4.69) is 10.2 Å². The van der Waals surface area contributed by atoms with Gasteiger partial charge in [-0.2, -0.15) is 0 Å². The molecule has 0 spiro atoms. The number of ether oxygens (including phenoxy) is 1. The first-order chi connectivity index (χ1) is 8.20. The fraction of sp³-hybridized carbons (Fsp3) is 0.917. The first-order valence-electron chi connectivity index (χ1n) is 6.43. The minimum atomic E-state index is -0.0966. The number of hydrogen-bond donors (Lipinski definition) is 2. The number of amides is 1. The predicted octanol–water partition coefficient (Wildman–Crippen LogP) is -0.0493. The molecule has 3 N–H and O–H groups in total. The van der Waals surface area contributed by atoms with Crippen molar-refractivity contribution in [1.29, 1.82) is 0 Å². The summed E-state index contributed by atoms with van der Waals surface area (Å²) in [6.07, 6.45) is 3.65. The molecule has 1 aliphatic carbocycles. The summed E-state index contributed by atoms with van der Waals surface area (Å²) in [7, 11) is 1.63. The average molecular weight is 243 g/mol. The molecule has 5 heteroatoms. The third-order valence-corrected chi connectivity index (χ3v) is 3.41. The standard InChI is InChI=1S/C12H25N3O2/c1-10(12(16)14-7-9-17-2)15(8-6-13)11-4-3-5-11/h10-11H,3-9,13H2,1-2H3,(H,14,16). The van der Waals surface area contributed by atoms with Crippen molar-refractivity contribution in [3.8, 4) is 0 Å². The predicted molar refractivity (Wildman–Crippen MR) is 67.7 cm³/mol. The van der Waals surface area contributed by atoms with E-state index in [-0.39, 0.29) is 11.9 Å². The summed E-state index contributed by atoms with van der Waals surface area (Å²) in [4.78, 5) is 14.2. The lowest BCUT2D eigenvalue weighted by Crippen LogP contribution is -2.53. The van der Waals surface area contributed by atoms with Gasteiger partial charge in [-0.15, -0.1) is 0 Å². The van der Waals surface area contributed by atoms with Gasteiger partial charge in [0.05, 0.1) is 12.6 Å². The minimum absolute atomic E-state index is 0.0717. The molecule has 0 aromatic carbocycles. The van der Waals surface area contributed by atoms with Crippen LogP contribution in [0.15, 0.2) is 0 Å².